The zero-order chi connectivity index (χ0) is 24.2. The van der Waals surface area contributed by atoms with Gasteiger partial charge in [-0.3, -0.25) is 14.9 Å². The number of aromatic hydroxyl groups is 1. The Morgan fingerprint density at radius 3 is 2.50 bits per heavy atom. The molecule has 0 spiro atoms. The number of ether oxygens (including phenoxy) is 1. The number of fused-ring (bicyclic) bond motifs is 1. The molecule has 9 heteroatoms. The molecule has 1 amide bonds. The van der Waals surface area contributed by atoms with Crippen LogP contribution in [0.15, 0.2) is 83.0 Å². The minimum absolute atomic E-state index is 0.000124. The lowest BCUT2D eigenvalue weighted by molar-refractivity contribution is -0.384. The minimum atomic E-state index is -0.596. The number of carbonyl (C=O) groups is 1. The molecular weight excluding hydrogens is 436 g/mol. The quantitative estimate of drug-likeness (QED) is 0.196. The number of amides is 1. The first kappa shape index (κ1) is 22.4. The van der Waals surface area contributed by atoms with E-state index in [1.807, 2.05) is 19.1 Å². The van der Waals surface area contributed by atoms with Crippen LogP contribution in [0.25, 0.3) is 10.8 Å². The van der Waals surface area contributed by atoms with Crippen molar-refractivity contribution in [2.75, 3.05) is 12.4 Å². The van der Waals surface area contributed by atoms with Gasteiger partial charge in [-0.2, -0.15) is 0 Å². The topological polar surface area (TPSA) is 126 Å². The van der Waals surface area contributed by atoms with Gasteiger partial charge in [-0.05, 0) is 42.1 Å². The Morgan fingerprint density at radius 2 is 1.76 bits per heavy atom. The molecule has 0 saturated heterocycles. The summed E-state index contributed by atoms with van der Waals surface area (Å²) in [5, 5.41) is 34.6. The number of phenols is 1. The summed E-state index contributed by atoms with van der Waals surface area (Å²) in [6, 6.07) is 20.0. The summed E-state index contributed by atoms with van der Waals surface area (Å²) in [6.45, 7) is 1.86. The Bertz CT molecular complexity index is 1450. The van der Waals surface area contributed by atoms with Crippen molar-refractivity contribution in [2.45, 2.75) is 6.92 Å². The number of nitro groups is 1. The number of nitrogens with zero attached hydrogens (tertiary/aromatic N) is 3. The number of nitro benzene ring substituents is 1. The number of aryl methyl sites for hydroxylation is 1. The lowest BCUT2D eigenvalue weighted by Gasteiger charge is -2.12. The number of rotatable bonds is 6. The Hall–Kier alpha value is -4.79. The maximum atomic E-state index is 13.0. The second kappa shape index (κ2) is 9.37. The van der Waals surface area contributed by atoms with Crippen LogP contribution >= 0.6 is 0 Å². The van der Waals surface area contributed by atoms with Gasteiger partial charge in [0.1, 0.15) is 11.4 Å². The highest BCUT2D eigenvalue weighted by molar-refractivity contribution is 6.12. The van der Waals surface area contributed by atoms with E-state index in [0.29, 0.717) is 22.2 Å². The molecule has 4 rings (SSSR count). The monoisotopic (exact) mass is 456 g/mol. The molecule has 0 saturated carbocycles. The molecule has 4 aromatic carbocycles. The minimum Gasteiger partial charge on any atom is -0.505 e. The van der Waals surface area contributed by atoms with Gasteiger partial charge in [0.05, 0.1) is 23.7 Å². The fraction of sp³-hybridized carbons (Fsp3) is 0.0800. The van der Waals surface area contributed by atoms with Gasteiger partial charge in [-0.15, -0.1) is 10.2 Å². The summed E-state index contributed by atoms with van der Waals surface area (Å²) in [6.07, 6.45) is 0. The molecule has 0 unspecified atom stereocenters. The van der Waals surface area contributed by atoms with Crippen molar-refractivity contribution in [3.63, 3.8) is 0 Å². The second-order valence-electron chi connectivity index (χ2n) is 7.42. The van der Waals surface area contributed by atoms with Crippen LogP contribution in [0.5, 0.6) is 11.5 Å². The standard InChI is InChI=1S/C25H20N4O5/c1-15-7-3-6-10-20(15)26-25(31)19-13-16-8-4-5-9-18(16)23(24(19)30)28-27-21-12-11-17(34-2)14-22(21)29(32)33/h3-14,30H,1-2H3,(H,26,31). The predicted octanol–water partition coefficient (Wildman–Crippen LogP) is 6.44. The largest absolute Gasteiger partial charge is 0.505 e. The average molecular weight is 456 g/mol. The van der Waals surface area contributed by atoms with Gasteiger partial charge >= 0.3 is 0 Å². The highest BCUT2D eigenvalue weighted by Gasteiger charge is 2.20. The fourth-order valence-corrected chi connectivity index (χ4v) is 3.46. The Morgan fingerprint density at radius 1 is 1.03 bits per heavy atom. The number of phenolic OH excluding ortho intramolecular Hbond substituents is 1. The predicted molar refractivity (Wildman–Crippen MR) is 129 cm³/mol. The van der Waals surface area contributed by atoms with Crippen LogP contribution < -0.4 is 10.1 Å². The molecule has 0 aliphatic rings. The van der Waals surface area contributed by atoms with Crippen molar-refractivity contribution in [1.82, 2.24) is 0 Å². The van der Waals surface area contributed by atoms with Gasteiger partial charge in [0.15, 0.2) is 11.4 Å². The number of anilines is 1. The zero-order valence-corrected chi connectivity index (χ0v) is 18.4. The van der Waals surface area contributed by atoms with E-state index in [9.17, 15) is 20.0 Å². The number of para-hydroxylation sites is 1. The van der Waals surface area contributed by atoms with Crippen molar-refractivity contribution >= 4 is 39.4 Å². The lowest BCUT2D eigenvalue weighted by Crippen LogP contribution is -2.13. The smallest absolute Gasteiger partial charge is 0.300 e. The van der Waals surface area contributed by atoms with Crippen LogP contribution in [0, 0.1) is 17.0 Å². The highest BCUT2D eigenvalue weighted by Crippen LogP contribution is 2.41. The molecule has 4 aromatic rings. The van der Waals surface area contributed by atoms with Crippen molar-refractivity contribution in [2.24, 2.45) is 10.2 Å². The summed E-state index contributed by atoms with van der Waals surface area (Å²) >= 11 is 0. The number of azo groups is 1. The molecule has 0 heterocycles. The van der Waals surface area contributed by atoms with Gasteiger partial charge in [-0.25, -0.2) is 0 Å². The Balaban J connectivity index is 1.80. The molecule has 0 bridgehead atoms. The molecule has 0 aliphatic heterocycles. The van der Waals surface area contributed by atoms with Crippen molar-refractivity contribution in [1.29, 1.82) is 0 Å². The molecule has 0 radical (unpaired) electrons. The van der Waals surface area contributed by atoms with E-state index in [4.69, 9.17) is 4.74 Å². The van der Waals surface area contributed by atoms with E-state index >= 15 is 0 Å². The SMILES string of the molecule is COc1ccc(N=Nc2c(O)c(C(=O)Nc3ccccc3C)cc3ccccc23)c([N+](=O)[O-])c1. The molecule has 0 aliphatic carbocycles. The van der Waals surface area contributed by atoms with E-state index in [-0.39, 0.29) is 28.4 Å². The fourth-order valence-electron chi connectivity index (χ4n) is 3.46. The summed E-state index contributed by atoms with van der Waals surface area (Å²) in [4.78, 5) is 23.9. The molecule has 2 N–H and O–H groups in total. The van der Waals surface area contributed by atoms with Crippen LogP contribution in [-0.2, 0) is 0 Å². The lowest BCUT2D eigenvalue weighted by atomic mass is 10.0. The number of hydrogen-bond acceptors (Lipinski definition) is 7. The average Bonchev–Trinajstić information content (AvgIpc) is 2.84. The second-order valence-corrected chi connectivity index (χ2v) is 7.42. The highest BCUT2D eigenvalue weighted by atomic mass is 16.6. The molecule has 9 nitrogen and oxygen atoms in total. The Kier molecular flexibility index (Phi) is 6.18. The van der Waals surface area contributed by atoms with Crippen LogP contribution in [0.4, 0.5) is 22.7 Å². The normalized spacial score (nSPS) is 11.0. The van der Waals surface area contributed by atoms with Gasteiger partial charge in [0.2, 0.25) is 0 Å². The molecule has 0 fully saturated rings. The first-order valence-corrected chi connectivity index (χ1v) is 10.2. The molecular formula is C25H20N4O5. The van der Waals surface area contributed by atoms with Crippen molar-refractivity contribution in [3.05, 3.63) is 94.0 Å². The third-order valence-corrected chi connectivity index (χ3v) is 5.27. The number of hydrogen-bond donors (Lipinski definition) is 2. The summed E-state index contributed by atoms with van der Waals surface area (Å²) < 4.78 is 5.04. The van der Waals surface area contributed by atoms with E-state index in [1.165, 1.54) is 25.3 Å². The summed E-state index contributed by atoms with van der Waals surface area (Å²) in [5.41, 5.74) is 1.17. The first-order valence-electron chi connectivity index (χ1n) is 10.2. The third-order valence-electron chi connectivity index (χ3n) is 5.27. The van der Waals surface area contributed by atoms with E-state index in [1.54, 1.807) is 42.5 Å². The molecule has 170 valence electrons. The maximum Gasteiger partial charge on any atom is 0.300 e. The van der Waals surface area contributed by atoms with E-state index in [2.05, 4.69) is 15.5 Å². The van der Waals surface area contributed by atoms with Crippen LogP contribution in [-0.4, -0.2) is 23.0 Å². The third kappa shape index (κ3) is 4.40. The van der Waals surface area contributed by atoms with Crippen LogP contribution in [0.1, 0.15) is 15.9 Å². The maximum absolute atomic E-state index is 13.0. The van der Waals surface area contributed by atoms with Gasteiger partial charge in [-0.1, -0.05) is 42.5 Å². The first-order chi connectivity index (χ1) is 16.4. The van der Waals surface area contributed by atoms with Gasteiger partial charge in [0, 0.05) is 11.1 Å². The summed E-state index contributed by atoms with van der Waals surface area (Å²) in [5.74, 6) is -0.608. The van der Waals surface area contributed by atoms with Crippen molar-refractivity contribution < 1.29 is 19.6 Å². The number of carbonyl (C=O) groups excluding carboxylic acids is 1. The zero-order valence-electron chi connectivity index (χ0n) is 18.4. The molecule has 34 heavy (non-hydrogen) atoms. The molecule has 0 aromatic heterocycles. The summed E-state index contributed by atoms with van der Waals surface area (Å²) in [7, 11) is 1.40. The number of methoxy groups -OCH3 is 1. The van der Waals surface area contributed by atoms with Gasteiger partial charge < -0.3 is 15.2 Å². The number of nitrogens with one attached hydrogen (secondary N) is 1. The Labute approximate surface area is 194 Å². The van der Waals surface area contributed by atoms with E-state index < -0.39 is 10.8 Å². The van der Waals surface area contributed by atoms with Crippen molar-refractivity contribution in [3.8, 4) is 11.5 Å². The molecule has 0 atom stereocenters. The number of benzene rings is 4. The van der Waals surface area contributed by atoms with Gasteiger partial charge in [0.25, 0.3) is 11.6 Å². The van der Waals surface area contributed by atoms with Crippen LogP contribution in [0.3, 0.4) is 0 Å². The van der Waals surface area contributed by atoms with E-state index in [0.717, 1.165) is 5.56 Å². The van der Waals surface area contributed by atoms with Crippen LogP contribution in [0.2, 0.25) is 0 Å².